The zero-order valence-electron chi connectivity index (χ0n) is 16.2. The van der Waals surface area contributed by atoms with Crippen molar-refractivity contribution in [3.8, 4) is 11.5 Å². The molecule has 0 atom stereocenters. The maximum absolute atomic E-state index is 12.5. The molecule has 2 N–H and O–H groups in total. The number of rotatable bonds is 7. The number of methoxy groups -OCH3 is 2. The molecule has 0 aliphatic carbocycles. The average Bonchev–Trinajstić information content (AvgIpc) is 2.74. The highest BCUT2D eigenvalue weighted by Gasteiger charge is 2.11. The highest BCUT2D eigenvalue weighted by molar-refractivity contribution is 6.03. The predicted molar refractivity (Wildman–Crippen MR) is 111 cm³/mol. The number of hydrogen-bond acceptors (Lipinski definition) is 5. The summed E-state index contributed by atoms with van der Waals surface area (Å²) < 4.78 is 10.6. The van der Waals surface area contributed by atoms with Crippen LogP contribution in [-0.2, 0) is 6.42 Å². The molecule has 0 unspecified atom stereocenters. The van der Waals surface area contributed by atoms with E-state index in [4.69, 9.17) is 9.47 Å². The van der Waals surface area contributed by atoms with Gasteiger partial charge in [-0.2, -0.15) is 0 Å². The Morgan fingerprint density at radius 1 is 1.00 bits per heavy atom. The van der Waals surface area contributed by atoms with E-state index in [1.165, 1.54) is 0 Å². The SMILES string of the molecule is CCc1ccccc1NC(=O)c1ccc(Nc2ccc(OC)cc2OC)cn1. The molecular formula is C22H23N3O3. The summed E-state index contributed by atoms with van der Waals surface area (Å²) in [6, 6.07) is 16.7. The largest absolute Gasteiger partial charge is 0.497 e. The quantitative estimate of drug-likeness (QED) is 0.627. The Kier molecular flexibility index (Phi) is 6.11. The molecule has 0 aliphatic heterocycles. The minimum absolute atomic E-state index is 0.241. The number of benzene rings is 2. The van der Waals surface area contributed by atoms with Crippen LogP contribution < -0.4 is 20.1 Å². The lowest BCUT2D eigenvalue weighted by atomic mass is 10.1. The van der Waals surface area contributed by atoms with Gasteiger partial charge in [-0.1, -0.05) is 25.1 Å². The Morgan fingerprint density at radius 3 is 2.50 bits per heavy atom. The molecule has 0 radical (unpaired) electrons. The number of aryl methyl sites for hydroxylation is 1. The number of nitrogens with zero attached hydrogens (tertiary/aromatic N) is 1. The number of pyridine rings is 1. The van der Waals surface area contributed by atoms with Crippen molar-refractivity contribution in [1.29, 1.82) is 0 Å². The van der Waals surface area contributed by atoms with E-state index in [0.29, 0.717) is 17.2 Å². The summed E-state index contributed by atoms with van der Waals surface area (Å²) >= 11 is 0. The Bertz CT molecular complexity index is 955. The van der Waals surface area contributed by atoms with Gasteiger partial charge in [-0.05, 0) is 42.3 Å². The zero-order chi connectivity index (χ0) is 19.9. The van der Waals surface area contributed by atoms with Crippen molar-refractivity contribution in [2.24, 2.45) is 0 Å². The van der Waals surface area contributed by atoms with Crippen LogP contribution in [0.1, 0.15) is 23.0 Å². The first-order valence-electron chi connectivity index (χ1n) is 8.99. The maximum Gasteiger partial charge on any atom is 0.274 e. The third-order valence-electron chi connectivity index (χ3n) is 4.33. The highest BCUT2D eigenvalue weighted by Crippen LogP contribution is 2.31. The molecule has 6 heteroatoms. The molecule has 0 aliphatic rings. The van der Waals surface area contributed by atoms with Crippen LogP contribution in [0.2, 0.25) is 0 Å². The van der Waals surface area contributed by atoms with Gasteiger partial charge in [-0.25, -0.2) is 4.98 Å². The molecule has 1 aromatic heterocycles. The Balaban J connectivity index is 1.72. The fourth-order valence-electron chi connectivity index (χ4n) is 2.80. The fourth-order valence-corrected chi connectivity index (χ4v) is 2.80. The number of amides is 1. The topological polar surface area (TPSA) is 72.5 Å². The molecule has 0 spiro atoms. The number of carbonyl (C=O) groups is 1. The Labute approximate surface area is 164 Å². The van der Waals surface area contributed by atoms with Gasteiger partial charge >= 0.3 is 0 Å². The lowest BCUT2D eigenvalue weighted by Crippen LogP contribution is -2.14. The summed E-state index contributed by atoms with van der Waals surface area (Å²) in [6.07, 6.45) is 2.46. The second kappa shape index (κ2) is 8.90. The van der Waals surface area contributed by atoms with Crippen LogP contribution in [0.4, 0.5) is 17.1 Å². The lowest BCUT2D eigenvalue weighted by molar-refractivity contribution is 0.102. The summed E-state index contributed by atoms with van der Waals surface area (Å²) in [6.45, 7) is 2.05. The second-order valence-corrected chi connectivity index (χ2v) is 6.09. The summed E-state index contributed by atoms with van der Waals surface area (Å²) in [4.78, 5) is 16.8. The zero-order valence-corrected chi connectivity index (χ0v) is 16.2. The van der Waals surface area contributed by atoms with Gasteiger partial charge < -0.3 is 20.1 Å². The normalized spacial score (nSPS) is 10.2. The first kappa shape index (κ1) is 19.2. The number of nitrogens with one attached hydrogen (secondary N) is 2. The Morgan fingerprint density at radius 2 is 1.82 bits per heavy atom. The van der Waals surface area contributed by atoms with Crippen molar-refractivity contribution < 1.29 is 14.3 Å². The second-order valence-electron chi connectivity index (χ2n) is 6.09. The number of anilines is 3. The van der Waals surface area contributed by atoms with Crippen molar-refractivity contribution in [3.63, 3.8) is 0 Å². The number of hydrogen-bond donors (Lipinski definition) is 2. The first-order valence-corrected chi connectivity index (χ1v) is 8.99. The summed E-state index contributed by atoms with van der Waals surface area (Å²) in [5.41, 5.74) is 3.76. The molecular weight excluding hydrogens is 354 g/mol. The summed E-state index contributed by atoms with van der Waals surface area (Å²) in [5.74, 6) is 1.12. The predicted octanol–water partition coefficient (Wildman–Crippen LogP) is 4.66. The van der Waals surface area contributed by atoms with E-state index in [2.05, 4.69) is 22.5 Å². The maximum atomic E-state index is 12.5. The average molecular weight is 377 g/mol. The van der Waals surface area contributed by atoms with E-state index in [-0.39, 0.29) is 5.91 Å². The van der Waals surface area contributed by atoms with E-state index >= 15 is 0 Å². The monoisotopic (exact) mass is 377 g/mol. The molecule has 0 fully saturated rings. The third-order valence-corrected chi connectivity index (χ3v) is 4.33. The first-order chi connectivity index (χ1) is 13.6. The van der Waals surface area contributed by atoms with Gasteiger partial charge in [0.25, 0.3) is 5.91 Å². The van der Waals surface area contributed by atoms with Crippen LogP contribution in [-0.4, -0.2) is 25.1 Å². The molecule has 144 valence electrons. The molecule has 28 heavy (non-hydrogen) atoms. The van der Waals surface area contributed by atoms with Crippen molar-refractivity contribution in [1.82, 2.24) is 4.98 Å². The van der Waals surface area contributed by atoms with Crippen LogP contribution in [0, 0.1) is 0 Å². The highest BCUT2D eigenvalue weighted by atomic mass is 16.5. The van der Waals surface area contributed by atoms with Gasteiger partial charge in [-0.3, -0.25) is 4.79 Å². The van der Waals surface area contributed by atoms with Gasteiger partial charge in [0.15, 0.2) is 0 Å². The minimum atomic E-state index is -0.241. The van der Waals surface area contributed by atoms with Crippen LogP contribution in [0.25, 0.3) is 0 Å². The minimum Gasteiger partial charge on any atom is -0.497 e. The summed E-state index contributed by atoms with van der Waals surface area (Å²) in [5, 5.41) is 6.16. The lowest BCUT2D eigenvalue weighted by Gasteiger charge is -2.13. The van der Waals surface area contributed by atoms with E-state index < -0.39 is 0 Å². The van der Waals surface area contributed by atoms with Crippen LogP contribution >= 0.6 is 0 Å². The molecule has 3 rings (SSSR count). The van der Waals surface area contributed by atoms with E-state index in [1.54, 1.807) is 38.6 Å². The molecule has 6 nitrogen and oxygen atoms in total. The molecule has 1 heterocycles. The van der Waals surface area contributed by atoms with Crippen LogP contribution in [0.5, 0.6) is 11.5 Å². The number of ether oxygens (including phenoxy) is 2. The molecule has 2 aromatic carbocycles. The van der Waals surface area contributed by atoms with Gasteiger partial charge in [0.2, 0.25) is 0 Å². The van der Waals surface area contributed by atoms with Crippen molar-refractivity contribution in [2.75, 3.05) is 24.9 Å². The smallest absolute Gasteiger partial charge is 0.274 e. The number of aromatic nitrogens is 1. The standard InChI is InChI=1S/C22H23N3O3/c1-4-15-7-5-6-8-18(15)25-22(26)20-11-9-16(14-23-20)24-19-12-10-17(27-2)13-21(19)28-3/h5-14,24H,4H2,1-3H3,(H,25,26). The van der Waals surface area contributed by atoms with Crippen LogP contribution in [0.15, 0.2) is 60.8 Å². The third kappa shape index (κ3) is 4.40. The molecule has 1 amide bonds. The van der Waals surface area contributed by atoms with Gasteiger partial charge in [0.1, 0.15) is 17.2 Å². The van der Waals surface area contributed by atoms with E-state index in [1.807, 2.05) is 36.4 Å². The van der Waals surface area contributed by atoms with Gasteiger partial charge in [0, 0.05) is 11.8 Å². The summed E-state index contributed by atoms with van der Waals surface area (Å²) in [7, 11) is 3.20. The molecule has 0 saturated carbocycles. The van der Waals surface area contributed by atoms with Crippen molar-refractivity contribution >= 4 is 23.0 Å². The van der Waals surface area contributed by atoms with Gasteiger partial charge in [-0.15, -0.1) is 0 Å². The Hall–Kier alpha value is -3.54. The molecule has 0 bridgehead atoms. The number of carbonyl (C=O) groups excluding carboxylic acids is 1. The van der Waals surface area contributed by atoms with E-state index in [9.17, 15) is 4.79 Å². The fraction of sp³-hybridized carbons (Fsp3) is 0.182. The van der Waals surface area contributed by atoms with E-state index in [0.717, 1.165) is 29.0 Å². The van der Waals surface area contributed by atoms with Crippen LogP contribution in [0.3, 0.4) is 0 Å². The molecule has 3 aromatic rings. The molecule has 0 saturated heterocycles. The number of para-hydroxylation sites is 1. The van der Waals surface area contributed by atoms with Gasteiger partial charge in [0.05, 0.1) is 31.8 Å². The van der Waals surface area contributed by atoms with Crippen molar-refractivity contribution in [3.05, 3.63) is 72.1 Å². The van der Waals surface area contributed by atoms with Crippen molar-refractivity contribution in [2.45, 2.75) is 13.3 Å².